The Hall–Kier alpha value is -3.94. The molecule has 0 aliphatic carbocycles. The van der Waals surface area contributed by atoms with Crippen molar-refractivity contribution in [1.29, 1.82) is 0 Å². The Morgan fingerprint density at radius 1 is 1.13 bits per heavy atom. The third kappa shape index (κ3) is 3.80. The molecule has 2 aromatic carbocycles. The molecule has 30 heavy (non-hydrogen) atoms. The number of nitrogens with zero attached hydrogens (tertiary/aromatic N) is 2. The fraction of sp³-hybridized carbons (Fsp3) is 0.182. The largest absolute Gasteiger partial charge is 0.459 e. The zero-order valence-electron chi connectivity index (χ0n) is 16.3. The molecular weight excluding hydrogens is 386 g/mol. The van der Waals surface area contributed by atoms with E-state index in [0.29, 0.717) is 35.7 Å². The van der Waals surface area contributed by atoms with Crippen LogP contribution in [-0.2, 0) is 13.0 Å². The predicted molar refractivity (Wildman–Crippen MR) is 109 cm³/mol. The van der Waals surface area contributed by atoms with Crippen molar-refractivity contribution in [3.05, 3.63) is 92.9 Å². The van der Waals surface area contributed by atoms with Crippen molar-refractivity contribution >= 4 is 23.2 Å². The van der Waals surface area contributed by atoms with Crippen molar-refractivity contribution in [3.8, 4) is 0 Å². The normalized spacial score (nSPS) is 12.9. The fourth-order valence-corrected chi connectivity index (χ4v) is 3.57. The van der Waals surface area contributed by atoms with E-state index in [1.165, 1.54) is 24.5 Å². The van der Waals surface area contributed by atoms with Crippen LogP contribution in [0, 0.1) is 17.0 Å². The Morgan fingerprint density at radius 2 is 1.97 bits per heavy atom. The maximum atomic E-state index is 12.6. The van der Waals surface area contributed by atoms with E-state index in [4.69, 9.17) is 4.42 Å². The lowest BCUT2D eigenvalue weighted by atomic mass is 9.98. The molecule has 0 bridgehead atoms. The molecule has 0 saturated heterocycles. The molecule has 0 radical (unpaired) electrons. The number of benzene rings is 2. The van der Waals surface area contributed by atoms with Crippen LogP contribution < -0.4 is 5.32 Å². The molecule has 8 nitrogen and oxygen atoms in total. The molecule has 3 aromatic rings. The molecule has 0 unspecified atom stereocenters. The first-order valence-electron chi connectivity index (χ1n) is 9.43. The van der Waals surface area contributed by atoms with Crippen molar-refractivity contribution in [2.45, 2.75) is 19.9 Å². The summed E-state index contributed by atoms with van der Waals surface area (Å²) in [6.45, 7) is 2.62. The lowest BCUT2D eigenvalue weighted by Crippen LogP contribution is -2.35. The molecule has 0 atom stereocenters. The summed E-state index contributed by atoms with van der Waals surface area (Å²) in [7, 11) is 0. The van der Waals surface area contributed by atoms with Crippen molar-refractivity contribution in [3.63, 3.8) is 0 Å². The highest BCUT2D eigenvalue weighted by Gasteiger charge is 2.24. The first-order valence-corrected chi connectivity index (χ1v) is 9.43. The molecule has 0 saturated carbocycles. The monoisotopic (exact) mass is 405 g/mol. The zero-order chi connectivity index (χ0) is 21.3. The second kappa shape index (κ2) is 7.82. The van der Waals surface area contributed by atoms with Gasteiger partial charge in [-0.25, -0.2) is 0 Å². The molecule has 1 aliphatic heterocycles. The van der Waals surface area contributed by atoms with E-state index in [9.17, 15) is 19.7 Å². The highest BCUT2D eigenvalue weighted by molar-refractivity contribution is 6.04. The van der Waals surface area contributed by atoms with Gasteiger partial charge in [0.25, 0.3) is 17.5 Å². The molecule has 1 N–H and O–H groups in total. The van der Waals surface area contributed by atoms with E-state index < -0.39 is 4.92 Å². The van der Waals surface area contributed by atoms with Gasteiger partial charge in [0.1, 0.15) is 0 Å². The molecule has 4 rings (SSSR count). The van der Waals surface area contributed by atoms with Crippen molar-refractivity contribution < 1.29 is 18.9 Å². The van der Waals surface area contributed by atoms with E-state index in [1.807, 2.05) is 18.2 Å². The Labute approximate surface area is 172 Å². The van der Waals surface area contributed by atoms with Gasteiger partial charge in [0.2, 0.25) is 0 Å². The molecule has 1 aliphatic rings. The van der Waals surface area contributed by atoms with Crippen LogP contribution in [0.1, 0.15) is 37.6 Å². The van der Waals surface area contributed by atoms with E-state index in [0.717, 1.165) is 17.5 Å². The summed E-state index contributed by atoms with van der Waals surface area (Å²) in [5.41, 5.74) is 3.42. The molecule has 1 aromatic heterocycles. The van der Waals surface area contributed by atoms with Crippen LogP contribution in [0.25, 0.3) is 0 Å². The van der Waals surface area contributed by atoms with E-state index >= 15 is 0 Å². The van der Waals surface area contributed by atoms with Gasteiger partial charge in [-0.3, -0.25) is 19.7 Å². The van der Waals surface area contributed by atoms with E-state index in [1.54, 1.807) is 24.0 Å². The fourth-order valence-electron chi connectivity index (χ4n) is 3.57. The van der Waals surface area contributed by atoms with Crippen LogP contribution in [0.5, 0.6) is 0 Å². The number of carbonyl (C=O) groups excluding carboxylic acids is 2. The standard InChI is InChI=1S/C22H19N3O5/c1-14-11-16(5-7-19(14)25(28)29)21(26)23-18-6-4-15-8-9-24(13-17(15)12-18)22(27)20-3-2-10-30-20/h2-7,10-12H,8-9,13H2,1H3,(H,23,26). The van der Waals surface area contributed by atoms with Gasteiger partial charge in [-0.05, 0) is 60.9 Å². The highest BCUT2D eigenvalue weighted by atomic mass is 16.6. The van der Waals surface area contributed by atoms with E-state index in [-0.39, 0.29) is 17.5 Å². The third-order valence-electron chi connectivity index (χ3n) is 5.15. The van der Waals surface area contributed by atoms with Crippen molar-refractivity contribution in [2.24, 2.45) is 0 Å². The van der Waals surface area contributed by atoms with Crippen LogP contribution in [0.15, 0.2) is 59.2 Å². The van der Waals surface area contributed by atoms with Gasteiger partial charge >= 0.3 is 0 Å². The molecule has 152 valence electrons. The van der Waals surface area contributed by atoms with Crippen LogP contribution >= 0.6 is 0 Å². The summed E-state index contributed by atoms with van der Waals surface area (Å²) in [6, 6.07) is 13.2. The number of carbonyl (C=O) groups is 2. The lowest BCUT2D eigenvalue weighted by molar-refractivity contribution is -0.385. The predicted octanol–water partition coefficient (Wildman–Crippen LogP) is 3.95. The minimum atomic E-state index is -0.476. The minimum Gasteiger partial charge on any atom is -0.459 e. The van der Waals surface area contributed by atoms with Crippen molar-refractivity contribution in [2.75, 3.05) is 11.9 Å². The number of nitro groups is 1. The van der Waals surface area contributed by atoms with Gasteiger partial charge in [-0.15, -0.1) is 0 Å². The number of aryl methyl sites for hydroxylation is 1. The molecule has 0 spiro atoms. The second-order valence-corrected chi connectivity index (χ2v) is 7.15. The molecular formula is C22H19N3O5. The smallest absolute Gasteiger partial charge is 0.289 e. The Kier molecular flexibility index (Phi) is 5.05. The number of hydrogen-bond donors (Lipinski definition) is 1. The molecule has 2 amide bonds. The van der Waals surface area contributed by atoms with Gasteiger partial charge in [-0.2, -0.15) is 0 Å². The van der Waals surface area contributed by atoms with Crippen LogP contribution in [-0.4, -0.2) is 28.2 Å². The van der Waals surface area contributed by atoms with Gasteiger partial charge < -0.3 is 14.6 Å². The maximum Gasteiger partial charge on any atom is 0.289 e. The number of anilines is 1. The number of nitro benzene ring substituents is 1. The summed E-state index contributed by atoms with van der Waals surface area (Å²) in [5, 5.41) is 13.8. The number of amides is 2. The summed E-state index contributed by atoms with van der Waals surface area (Å²) in [4.78, 5) is 37.3. The molecule has 8 heteroatoms. The van der Waals surface area contributed by atoms with Crippen molar-refractivity contribution in [1.82, 2.24) is 4.90 Å². The topological polar surface area (TPSA) is 106 Å². The summed E-state index contributed by atoms with van der Waals surface area (Å²) < 4.78 is 5.20. The van der Waals surface area contributed by atoms with Gasteiger partial charge in [0.05, 0.1) is 11.2 Å². The van der Waals surface area contributed by atoms with E-state index in [2.05, 4.69) is 5.32 Å². The Balaban J connectivity index is 1.50. The highest BCUT2D eigenvalue weighted by Crippen LogP contribution is 2.25. The molecule has 0 fully saturated rings. The second-order valence-electron chi connectivity index (χ2n) is 7.15. The van der Waals surface area contributed by atoms with Gasteiger partial charge in [0, 0.05) is 36.0 Å². The average molecular weight is 405 g/mol. The Morgan fingerprint density at radius 3 is 2.67 bits per heavy atom. The summed E-state index contributed by atoms with van der Waals surface area (Å²) in [5.74, 6) is -0.217. The number of hydrogen-bond acceptors (Lipinski definition) is 5. The molecule has 2 heterocycles. The quantitative estimate of drug-likeness (QED) is 0.523. The number of nitrogens with one attached hydrogen (secondary N) is 1. The van der Waals surface area contributed by atoms with Gasteiger partial charge in [-0.1, -0.05) is 6.07 Å². The van der Waals surface area contributed by atoms with Gasteiger partial charge in [0.15, 0.2) is 5.76 Å². The minimum absolute atomic E-state index is 0.0263. The first kappa shape index (κ1) is 19.4. The summed E-state index contributed by atoms with van der Waals surface area (Å²) >= 11 is 0. The zero-order valence-corrected chi connectivity index (χ0v) is 16.3. The number of rotatable bonds is 4. The van der Waals surface area contributed by atoms with Crippen LogP contribution in [0.3, 0.4) is 0 Å². The van der Waals surface area contributed by atoms with Crippen LogP contribution in [0.4, 0.5) is 11.4 Å². The first-order chi connectivity index (χ1) is 14.4. The van der Waals surface area contributed by atoms with Crippen LogP contribution in [0.2, 0.25) is 0 Å². The number of furan rings is 1. The maximum absolute atomic E-state index is 12.6. The SMILES string of the molecule is Cc1cc(C(=O)Nc2ccc3c(c2)CN(C(=O)c2ccco2)CC3)ccc1[N+](=O)[O-]. The third-order valence-corrected chi connectivity index (χ3v) is 5.15. The average Bonchev–Trinajstić information content (AvgIpc) is 3.27. The Bertz CT molecular complexity index is 1140. The number of fused-ring (bicyclic) bond motifs is 1. The summed E-state index contributed by atoms with van der Waals surface area (Å²) in [6.07, 6.45) is 2.19. The lowest BCUT2D eigenvalue weighted by Gasteiger charge is -2.28.